The van der Waals surface area contributed by atoms with Gasteiger partial charge in [0.05, 0.1) is 6.04 Å². The Morgan fingerprint density at radius 2 is 2.10 bits per heavy atom. The Labute approximate surface area is 115 Å². The van der Waals surface area contributed by atoms with Crippen molar-refractivity contribution in [3.63, 3.8) is 0 Å². The average molecular weight is 311 g/mol. The summed E-state index contributed by atoms with van der Waals surface area (Å²) >= 11 is 1.39. The van der Waals surface area contributed by atoms with Gasteiger partial charge in [-0.1, -0.05) is 0 Å². The third-order valence-electron chi connectivity index (χ3n) is 2.89. The molecule has 1 unspecified atom stereocenters. The van der Waals surface area contributed by atoms with Crippen LogP contribution in [0.3, 0.4) is 0 Å². The van der Waals surface area contributed by atoms with Crippen molar-refractivity contribution in [2.24, 2.45) is 0 Å². The van der Waals surface area contributed by atoms with Gasteiger partial charge in [0.1, 0.15) is 5.82 Å². The van der Waals surface area contributed by atoms with Crippen molar-refractivity contribution in [1.29, 1.82) is 0 Å². The molecular weight excluding hydrogens is 301 g/mol. The van der Waals surface area contributed by atoms with Crippen LogP contribution in [-0.2, 0) is 4.79 Å². The van der Waals surface area contributed by atoms with Crippen LogP contribution < -0.4 is 5.32 Å². The third-order valence-corrected chi connectivity index (χ3v) is 4.02. The molecule has 2 nitrogen and oxygen atoms in total. The summed E-state index contributed by atoms with van der Waals surface area (Å²) < 4.78 is 63.2. The Hall–Kier alpha value is -1.31. The van der Waals surface area contributed by atoms with E-state index in [4.69, 9.17) is 0 Å². The zero-order valence-corrected chi connectivity index (χ0v) is 10.8. The normalized spacial score (nSPS) is 18.8. The predicted octanol–water partition coefficient (Wildman–Crippen LogP) is 3.38. The number of nitrogens with one attached hydrogen (secondary N) is 1. The summed E-state index contributed by atoms with van der Waals surface area (Å²) in [5.74, 6) is -6.85. The number of rotatable bonds is 3. The maximum atomic E-state index is 13.2. The first kappa shape index (κ1) is 15.1. The van der Waals surface area contributed by atoms with E-state index < -0.39 is 30.1 Å². The quantitative estimate of drug-likeness (QED) is 0.867. The van der Waals surface area contributed by atoms with E-state index in [-0.39, 0.29) is 6.42 Å². The molecule has 1 aliphatic rings. The highest BCUT2D eigenvalue weighted by Crippen LogP contribution is 2.37. The molecule has 1 aromatic rings. The Bertz CT molecular complexity index is 523. The third kappa shape index (κ3) is 2.89. The number of fused-ring (bicyclic) bond motifs is 1. The molecule has 1 N–H and O–H groups in total. The lowest BCUT2D eigenvalue weighted by Crippen LogP contribution is -2.46. The molecule has 1 atom stereocenters. The molecular formula is C12H10F5NOS. The summed E-state index contributed by atoms with van der Waals surface area (Å²) in [6.07, 6.45) is -3.81. The number of halogens is 5. The minimum absolute atomic E-state index is 0.270. The first-order chi connectivity index (χ1) is 9.32. The lowest BCUT2D eigenvalue weighted by Gasteiger charge is -2.27. The van der Waals surface area contributed by atoms with Gasteiger partial charge in [0.2, 0.25) is 0 Å². The molecule has 20 heavy (non-hydrogen) atoms. The maximum Gasteiger partial charge on any atom is 0.383 e. The fourth-order valence-electron chi connectivity index (χ4n) is 1.87. The van der Waals surface area contributed by atoms with E-state index in [1.54, 1.807) is 0 Å². The van der Waals surface area contributed by atoms with Gasteiger partial charge in [-0.05, 0) is 30.2 Å². The molecule has 1 heterocycles. The number of hydrogen-bond acceptors (Lipinski definition) is 2. The Balaban J connectivity index is 2.20. The number of carbonyl (C=O) groups excluding carboxylic acids is 1. The number of amides is 1. The van der Waals surface area contributed by atoms with E-state index in [9.17, 15) is 26.7 Å². The van der Waals surface area contributed by atoms with Crippen LogP contribution in [0.5, 0.6) is 0 Å². The zero-order valence-electron chi connectivity index (χ0n) is 10.0. The number of benzene rings is 1. The van der Waals surface area contributed by atoms with Gasteiger partial charge in [-0.25, -0.2) is 13.2 Å². The second-order valence-electron chi connectivity index (χ2n) is 4.27. The van der Waals surface area contributed by atoms with Crippen LogP contribution in [0.25, 0.3) is 0 Å². The number of hydrogen-bond donors (Lipinski definition) is 1. The van der Waals surface area contributed by atoms with Crippen molar-refractivity contribution < 1.29 is 26.7 Å². The van der Waals surface area contributed by atoms with Crippen LogP contribution >= 0.6 is 11.8 Å². The van der Waals surface area contributed by atoms with E-state index >= 15 is 0 Å². The van der Waals surface area contributed by atoms with Gasteiger partial charge < -0.3 is 5.32 Å². The molecule has 0 saturated heterocycles. The molecule has 0 fully saturated rings. The van der Waals surface area contributed by atoms with Crippen LogP contribution in [0.2, 0.25) is 0 Å². The van der Waals surface area contributed by atoms with Crippen LogP contribution in [0.4, 0.5) is 22.0 Å². The summed E-state index contributed by atoms with van der Waals surface area (Å²) in [5.41, 5.74) is 0.333. The standard InChI is InChI=1S/C12H10F5NOS/c13-6-1-2-9-7(5-6)8(3-4-20-9)18-11(19)12(16,17)10(14)15/h1-2,5,8,10H,3-4H2,(H,18,19). The SMILES string of the molecule is O=C(NC1CCSc2ccc(F)cc21)C(F)(F)C(F)F. The molecule has 0 bridgehead atoms. The summed E-state index contributed by atoms with van der Waals surface area (Å²) in [7, 11) is 0. The monoisotopic (exact) mass is 311 g/mol. The Kier molecular flexibility index (Phi) is 4.22. The number of alkyl halides is 4. The second kappa shape index (κ2) is 5.59. The fraction of sp³-hybridized carbons (Fsp3) is 0.417. The number of carbonyl (C=O) groups is 1. The van der Waals surface area contributed by atoms with E-state index in [2.05, 4.69) is 0 Å². The van der Waals surface area contributed by atoms with Crippen molar-refractivity contribution >= 4 is 17.7 Å². The van der Waals surface area contributed by atoms with Crippen LogP contribution in [0.15, 0.2) is 23.1 Å². The topological polar surface area (TPSA) is 29.1 Å². The van der Waals surface area contributed by atoms with Gasteiger partial charge in [-0.2, -0.15) is 8.78 Å². The summed E-state index contributed by atoms with van der Waals surface area (Å²) in [4.78, 5) is 11.9. The predicted molar refractivity (Wildman–Crippen MR) is 63.6 cm³/mol. The molecule has 0 spiro atoms. The van der Waals surface area contributed by atoms with Crippen molar-refractivity contribution in [3.8, 4) is 0 Å². The molecule has 2 rings (SSSR count). The molecule has 110 valence electrons. The molecule has 1 aliphatic heterocycles. The minimum Gasteiger partial charge on any atom is -0.344 e. The fourth-order valence-corrected chi connectivity index (χ4v) is 2.97. The minimum atomic E-state index is -4.75. The smallest absolute Gasteiger partial charge is 0.344 e. The van der Waals surface area contributed by atoms with Crippen molar-refractivity contribution in [3.05, 3.63) is 29.6 Å². The van der Waals surface area contributed by atoms with Crippen LogP contribution in [0, 0.1) is 5.82 Å². The highest BCUT2D eigenvalue weighted by Gasteiger charge is 2.49. The highest BCUT2D eigenvalue weighted by molar-refractivity contribution is 7.99. The highest BCUT2D eigenvalue weighted by atomic mass is 32.2. The largest absolute Gasteiger partial charge is 0.383 e. The van der Waals surface area contributed by atoms with Crippen molar-refractivity contribution in [2.75, 3.05) is 5.75 Å². The first-order valence-corrected chi connectivity index (χ1v) is 6.70. The Morgan fingerprint density at radius 3 is 2.75 bits per heavy atom. The molecule has 1 aromatic carbocycles. The van der Waals surface area contributed by atoms with Crippen LogP contribution in [-0.4, -0.2) is 24.0 Å². The van der Waals surface area contributed by atoms with Gasteiger partial charge in [0.25, 0.3) is 5.91 Å². The summed E-state index contributed by atoms with van der Waals surface area (Å²) in [6, 6.07) is 2.91. The maximum absolute atomic E-state index is 13.2. The zero-order chi connectivity index (χ0) is 14.9. The molecule has 0 saturated carbocycles. The molecule has 0 aliphatic carbocycles. The van der Waals surface area contributed by atoms with Gasteiger partial charge >= 0.3 is 12.3 Å². The van der Waals surface area contributed by atoms with Crippen LogP contribution in [0.1, 0.15) is 18.0 Å². The van der Waals surface area contributed by atoms with Crippen molar-refractivity contribution in [1.82, 2.24) is 5.32 Å². The van der Waals surface area contributed by atoms with E-state index in [1.165, 1.54) is 23.9 Å². The van der Waals surface area contributed by atoms with Gasteiger partial charge in [0.15, 0.2) is 0 Å². The first-order valence-electron chi connectivity index (χ1n) is 5.71. The van der Waals surface area contributed by atoms with Gasteiger partial charge in [0, 0.05) is 10.6 Å². The lowest BCUT2D eigenvalue weighted by atomic mass is 10.0. The lowest BCUT2D eigenvalue weighted by molar-refractivity contribution is -0.170. The van der Waals surface area contributed by atoms with Crippen molar-refractivity contribution in [2.45, 2.75) is 29.7 Å². The molecule has 8 heteroatoms. The van der Waals surface area contributed by atoms with Gasteiger partial charge in [-0.15, -0.1) is 11.8 Å². The summed E-state index contributed by atoms with van der Waals surface area (Å²) in [5, 5.41) is 1.87. The Morgan fingerprint density at radius 1 is 1.40 bits per heavy atom. The molecule has 0 radical (unpaired) electrons. The van der Waals surface area contributed by atoms with Gasteiger partial charge in [-0.3, -0.25) is 4.79 Å². The molecule has 1 amide bonds. The van der Waals surface area contributed by atoms with E-state index in [0.29, 0.717) is 16.2 Å². The van der Waals surface area contributed by atoms with E-state index in [1.807, 2.05) is 5.32 Å². The molecule has 0 aromatic heterocycles. The number of thioether (sulfide) groups is 1. The second-order valence-corrected chi connectivity index (χ2v) is 5.41. The average Bonchev–Trinajstić information content (AvgIpc) is 2.39. The van der Waals surface area contributed by atoms with E-state index in [0.717, 1.165) is 6.07 Å². The summed E-state index contributed by atoms with van der Waals surface area (Å²) in [6.45, 7) is 0.